The summed E-state index contributed by atoms with van der Waals surface area (Å²) in [6, 6.07) is 0.615. The lowest BCUT2D eigenvalue weighted by Gasteiger charge is -2.29. The van der Waals surface area contributed by atoms with E-state index in [2.05, 4.69) is 10.6 Å². The molecule has 1 fully saturated rings. The third kappa shape index (κ3) is 9.82. The second kappa shape index (κ2) is 14.4. The molecule has 0 atom stereocenters. The van der Waals surface area contributed by atoms with Gasteiger partial charge in [0.25, 0.3) is 0 Å². The topological polar surface area (TPSA) is 58.2 Å². The third-order valence-corrected chi connectivity index (χ3v) is 3.10. The summed E-state index contributed by atoms with van der Waals surface area (Å²) in [6.45, 7) is 11.7. The Morgan fingerprint density at radius 1 is 0.750 bits per heavy atom. The Hall–Kier alpha value is -1.06. The third-order valence-electron chi connectivity index (χ3n) is 3.10. The van der Waals surface area contributed by atoms with Crippen molar-refractivity contribution in [1.82, 2.24) is 10.6 Å². The van der Waals surface area contributed by atoms with E-state index >= 15 is 0 Å². The smallest absolute Gasteiger partial charge is 0.219 e. The van der Waals surface area contributed by atoms with Gasteiger partial charge in [0.1, 0.15) is 0 Å². The maximum Gasteiger partial charge on any atom is 0.219 e. The van der Waals surface area contributed by atoms with Crippen molar-refractivity contribution in [2.75, 3.05) is 0 Å². The van der Waals surface area contributed by atoms with E-state index in [4.69, 9.17) is 0 Å². The van der Waals surface area contributed by atoms with Crippen molar-refractivity contribution in [3.05, 3.63) is 0 Å². The molecule has 0 saturated heterocycles. The van der Waals surface area contributed by atoms with Crippen LogP contribution in [-0.4, -0.2) is 23.9 Å². The van der Waals surface area contributed by atoms with Gasteiger partial charge in [-0.2, -0.15) is 0 Å². The first-order valence-corrected chi connectivity index (χ1v) is 8.24. The van der Waals surface area contributed by atoms with Crippen LogP contribution < -0.4 is 10.6 Å². The second-order valence-electron chi connectivity index (χ2n) is 4.39. The molecule has 0 bridgehead atoms. The van der Waals surface area contributed by atoms with Crippen LogP contribution in [-0.2, 0) is 9.59 Å². The summed E-state index contributed by atoms with van der Waals surface area (Å²) < 4.78 is 0. The molecule has 0 aromatic carbocycles. The minimum Gasteiger partial charge on any atom is -0.353 e. The van der Waals surface area contributed by atoms with E-state index in [0.29, 0.717) is 24.9 Å². The molecule has 0 unspecified atom stereocenters. The maximum atomic E-state index is 11.2. The SMILES string of the molecule is CC.CC.CCC(=O)NC1CCC(NC(=O)CC)CC1. The normalized spacial score (nSPS) is 20.5. The molecule has 120 valence electrons. The summed E-state index contributed by atoms with van der Waals surface area (Å²) in [6.07, 6.45) is 4.99. The van der Waals surface area contributed by atoms with Crippen molar-refractivity contribution >= 4 is 11.8 Å². The van der Waals surface area contributed by atoms with Crippen molar-refractivity contribution in [1.29, 1.82) is 0 Å². The average molecular weight is 286 g/mol. The largest absolute Gasteiger partial charge is 0.353 e. The summed E-state index contributed by atoms with van der Waals surface area (Å²) in [4.78, 5) is 22.4. The first-order chi connectivity index (χ1) is 9.65. The fourth-order valence-corrected chi connectivity index (χ4v) is 2.04. The van der Waals surface area contributed by atoms with Gasteiger partial charge in [-0.15, -0.1) is 0 Å². The predicted molar refractivity (Wildman–Crippen MR) is 85.6 cm³/mol. The van der Waals surface area contributed by atoms with Gasteiger partial charge < -0.3 is 10.6 Å². The summed E-state index contributed by atoms with van der Waals surface area (Å²) in [5, 5.41) is 6.01. The highest BCUT2D eigenvalue weighted by Gasteiger charge is 2.22. The number of amides is 2. The molecule has 0 heterocycles. The molecule has 1 saturated carbocycles. The first-order valence-electron chi connectivity index (χ1n) is 8.24. The van der Waals surface area contributed by atoms with Crippen molar-refractivity contribution in [2.24, 2.45) is 0 Å². The van der Waals surface area contributed by atoms with E-state index in [9.17, 15) is 9.59 Å². The van der Waals surface area contributed by atoms with Gasteiger partial charge in [-0.05, 0) is 25.7 Å². The average Bonchev–Trinajstić information content (AvgIpc) is 2.53. The lowest BCUT2D eigenvalue weighted by molar-refractivity contribution is -0.123. The number of nitrogens with one attached hydrogen (secondary N) is 2. The number of carbonyl (C=O) groups excluding carboxylic acids is 2. The molecule has 0 spiro atoms. The van der Waals surface area contributed by atoms with E-state index in [-0.39, 0.29) is 11.8 Å². The second-order valence-corrected chi connectivity index (χ2v) is 4.39. The maximum absolute atomic E-state index is 11.2. The van der Waals surface area contributed by atoms with E-state index in [0.717, 1.165) is 25.7 Å². The molecular weight excluding hydrogens is 252 g/mol. The Labute approximate surface area is 125 Å². The number of hydrogen-bond acceptors (Lipinski definition) is 2. The predicted octanol–water partition coefficient (Wildman–Crippen LogP) is 3.40. The molecular formula is C16H34N2O2. The Balaban J connectivity index is 0. The number of carbonyl (C=O) groups is 2. The Morgan fingerprint density at radius 2 is 1.00 bits per heavy atom. The van der Waals surface area contributed by atoms with Crippen LogP contribution in [0.25, 0.3) is 0 Å². The molecule has 0 aromatic rings. The molecule has 4 nitrogen and oxygen atoms in total. The standard InChI is InChI=1S/C12H22N2O2.2C2H6/c1-3-11(15)13-9-5-7-10(8-6-9)14-12(16)4-2;2*1-2/h9-10H,3-8H2,1-2H3,(H,13,15)(H,14,16);2*1-2H3. The fourth-order valence-electron chi connectivity index (χ4n) is 2.04. The van der Waals surface area contributed by atoms with Crippen LogP contribution in [0, 0.1) is 0 Å². The van der Waals surface area contributed by atoms with Crippen molar-refractivity contribution in [3.8, 4) is 0 Å². The molecule has 2 N–H and O–H groups in total. The van der Waals surface area contributed by atoms with Crippen molar-refractivity contribution in [2.45, 2.75) is 92.2 Å². The van der Waals surface area contributed by atoms with E-state index in [1.54, 1.807) is 0 Å². The monoisotopic (exact) mass is 286 g/mol. The zero-order chi connectivity index (χ0) is 16.0. The highest BCUT2D eigenvalue weighted by atomic mass is 16.2. The molecule has 20 heavy (non-hydrogen) atoms. The van der Waals surface area contributed by atoms with Crippen LogP contribution in [0.4, 0.5) is 0 Å². The molecule has 0 aliphatic heterocycles. The minimum atomic E-state index is 0.126. The lowest BCUT2D eigenvalue weighted by atomic mass is 9.91. The van der Waals surface area contributed by atoms with E-state index in [1.807, 2.05) is 41.5 Å². The Bertz CT molecular complexity index is 221. The van der Waals surface area contributed by atoms with Gasteiger partial charge in [0.15, 0.2) is 0 Å². The zero-order valence-electron chi connectivity index (χ0n) is 14.2. The lowest BCUT2D eigenvalue weighted by Crippen LogP contribution is -2.43. The highest BCUT2D eigenvalue weighted by molar-refractivity contribution is 5.76. The van der Waals surface area contributed by atoms with Gasteiger partial charge in [-0.1, -0.05) is 41.5 Å². The molecule has 2 amide bonds. The van der Waals surface area contributed by atoms with Crippen LogP contribution in [0.1, 0.15) is 80.1 Å². The molecule has 1 aliphatic carbocycles. The van der Waals surface area contributed by atoms with Crippen LogP contribution >= 0.6 is 0 Å². The van der Waals surface area contributed by atoms with Crippen LogP contribution in [0.5, 0.6) is 0 Å². The quantitative estimate of drug-likeness (QED) is 0.832. The van der Waals surface area contributed by atoms with Gasteiger partial charge in [0.2, 0.25) is 11.8 Å². The van der Waals surface area contributed by atoms with Crippen molar-refractivity contribution in [3.63, 3.8) is 0 Å². The fraction of sp³-hybridized carbons (Fsp3) is 0.875. The zero-order valence-corrected chi connectivity index (χ0v) is 14.2. The van der Waals surface area contributed by atoms with Crippen molar-refractivity contribution < 1.29 is 9.59 Å². The van der Waals surface area contributed by atoms with Crippen LogP contribution in [0.3, 0.4) is 0 Å². The van der Waals surface area contributed by atoms with Gasteiger partial charge in [0.05, 0.1) is 0 Å². The molecule has 1 rings (SSSR count). The number of hydrogen-bond donors (Lipinski definition) is 2. The summed E-state index contributed by atoms with van der Waals surface area (Å²) in [7, 11) is 0. The van der Waals surface area contributed by atoms with Gasteiger partial charge in [-0.3, -0.25) is 9.59 Å². The Kier molecular flexibility index (Phi) is 15.2. The van der Waals surface area contributed by atoms with E-state index < -0.39 is 0 Å². The first kappa shape index (κ1) is 21.2. The van der Waals surface area contributed by atoms with Crippen LogP contribution in [0.2, 0.25) is 0 Å². The summed E-state index contributed by atoms with van der Waals surface area (Å²) >= 11 is 0. The van der Waals surface area contributed by atoms with Crippen LogP contribution in [0.15, 0.2) is 0 Å². The summed E-state index contributed by atoms with van der Waals surface area (Å²) in [5.74, 6) is 0.252. The van der Waals surface area contributed by atoms with Gasteiger partial charge in [-0.25, -0.2) is 0 Å². The Morgan fingerprint density at radius 3 is 1.20 bits per heavy atom. The van der Waals surface area contributed by atoms with E-state index in [1.165, 1.54) is 0 Å². The molecule has 0 radical (unpaired) electrons. The molecule has 4 heteroatoms. The summed E-state index contributed by atoms with van der Waals surface area (Å²) in [5.41, 5.74) is 0. The number of rotatable bonds is 4. The minimum absolute atomic E-state index is 0.126. The van der Waals surface area contributed by atoms with Gasteiger partial charge in [0, 0.05) is 24.9 Å². The molecule has 1 aliphatic rings. The highest BCUT2D eigenvalue weighted by Crippen LogP contribution is 2.18. The van der Waals surface area contributed by atoms with Gasteiger partial charge >= 0.3 is 0 Å². The molecule has 0 aromatic heterocycles.